The van der Waals surface area contributed by atoms with E-state index in [2.05, 4.69) is 11.0 Å². The van der Waals surface area contributed by atoms with E-state index in [1.54, 1.807) is 13.0 Å². The fourth-order valence-corrected chi connectivity index (χ4v) is 3.61. The summed E-state index contributed by atoms with van der Waals surface area (Å²) in [4.78, 5) is 2.36. The molecule has 4 nitrogen and oxygen atoms in total. The Balaban J connectivity index is 1.99. The highest BCUT2D eigenvalue weighted by atomic mass is 16.5. The highest BCUT2D eigenvalue weighted by Crippen LogP contribution is 2.36. The number of hydrogen-bond donors (Lipinski definition) is 1. The van der Waals surface area contributed by atoms with Gasteiger partial charge in [0.1, 0.15) is 0 Å². The summed E-state index contributed by atoms with van der Waals surface area (Å²) >= 11 is 0. The summed E-state index contributed by atoms with van der Waals surface area (Å²) in [5, 5.41) is 19.2. The van der Waals surface area contributed by atoms with Gasteiger partial charge in [0.15, 0.2) is 0 Å². The zero-order valence-corrected chi connectivity index (χ0v) is 12.5. The molecule has 112 valence electrons. The molecule has 1 aliphatic carbocycles. The molecule has 21 heavy (non-hydrogen) atoms. The van der Waals surface area contributed by atoms with Crippen LogP contribution in [0.1, 0.15) is 49.8 Å². The van der Waals surface area contributed by atoms with Crippen LogP contribution in [0, 0.1) is 11.3 Å². The molecule has 0 radical (unpaired) electrons. The summed E-state index contributed by atoms with van der Waals surface area (Å²) in [7, 11) is 0. The number of hydrogen-bond acceptors (Lipinski definition) is 4. The van der Waals surface area contributed by atoms with Crippen molar-refractivity contribution in [2.24, 2.45) is 0 Å². The highest BCUT2D eigenvalue weighted by molar-refractivity contribution is 5.59. The van der Waals surface area contributed by atoms with E-state index >= 15 is 0 Å². The van der Waals surface area contributed by atoms with Gasteiger partial charge in [-0.15, -0.1) is 0 Å². The molecule has 1 aromatic carbocycles. The second-order valence-electron chi connectivity index (χ2n) is 6.02. The minimum Gasteiger partial charge on any atom is -0.389 e. The molecule has 3 rings (SSSR count). The summed E-state index contributed by atoms with van der Waals surface area (Å²) in [6.07, 6.45) is 4.46. The minimum atomic E-state index is -0.530. The molecule has 0 aromatic heterocycles. The van der Waals surface area contributed by atoms with Crippen molar-refractivity contribution in [1.82, 2.24) is 0 Å². The molecular weight excluding hydrogens is 264 g/mol. The Morgan fingerprint density at radius 3 is 2.95 bits per heavy atom. The van der Waals surface area contributed by atoms with Crippen molar-refractivity contribution < 1.29 is 9.84 Å². The highest BCUT2D eigenvalue weighted by Gasteiger charge is 2.35. The number of anilines is 1. The second-order valence-corrected chi connectivity index (χ2v) is 6.02. The Labute approximate surface area is 125 Å². The first-order valence-corrected chi connectivity index (χ1v) is 7.81. The maximum Gasteiger partial charge on any atom is 0.0992 e. The van der Waals surface area contributed by atoms with Crippen molar-refractivity contribution in [3.05, 3.63) is 29.3 Å². The number of fused-ring (bicyclic) bond motifs is 1. The van der Waals surface area contributed by atoms with E-state index in [0.29, 0.717) is 17.7 Å². The van der Waals surface area contributed by atoms with E-state index in [4.69, 9.17) is 10.00 Å². The minimum absolute atomic E-state index is 0.292. The van der Waals surface area contributed by atoms with Gasteiger partial charge < -0.3 is 14.7 Å². The van der Waals surface area contributed by atoms with Crippen LogP contribution in [0.2, 0.25) is 0 Å². The quantitative estimate of drug-likeness (QED) is 0.908. The molecule has 1 aromatic rings. The molecule has 4 heteroatoms. The molecule has 3 atom stereocenters. The number of nitrogens with zero attached hydrogens (tertiary/aromatic N) is 2. The molecule has 1 saturated heterocycles. The van der Waals surface area contributed by atoms with Gasteiger partial charge in [0, 0.05) is 17.8 Å². The van der Waals surface area contributed by atoms with E-state index in [0.717, 1.165) is 37.2 Å². The van der Waals surface area contributed by atoms with Gasteiger partial charge in [-0.3, -0.25) is 0 Å². The maximum absolute atomic E-state index is 10.1. The summed E-state index contributed by atoms with van der Waals surface area (Å²) < 4.78 is 5.92. The van der Waals surface area contributed by atoms with Crippen molar-refractivity contribution in [2.45, 2.75) is 50.9 Å². The van der Waals surface area contributed by atoms with E-state index in [9.17, 15) is 5.11 Å². The van der Waals surface area contributed by atoms with Crippen molar-refractivity contribution in [3.8, 4) is 6.07 Å². The molecule has 1 heterocycles. The van der Waals surface area contributed by atoms with Crippen LogP contribution < -0.4 is 4.90 Å². The zero-order chi connectivity index (χ0) is 14.8. The van der Waals surface area contributed by atoms with E-state index in [-0.39, 0.29) is 0 Å². The van der Waals surface area contributed by atoms with Crippen LogP contribution in [0.25, 0.3) is 0 Å². The van der Waals surface area contributed by atoms with Crippen LogP contribution >= 0.6 is 0 Å². The molecule has 0 bridgehead atoms. The number of ether oxygens (including phenoxy) is 1. The number of nitriles is 1. The predicted molar refractivity (Wildman–Crippen MR) is 81.1 cm³/mol. The summed E-state index contributed by atoms with van der Waals surface area (Å²) in [5.74, 6) is 0. The lowest BCUT2D eigenvalue weighted by molar-refractivity contribution is -0.00888. The number of benzene rings is 1. The number of morpholine rings is 1. The number of rotatable bonds is 2. The molecule has 2 aliphatic rings. The summed E-state index contributed by atoms with van der Waals surface area (Å²) in [5.41, 5.74) is 2.55. The van der Waals surface area contributed by atoms with Crippen LogP contribution in [0.3, 0.4) is 0 Å². The largest absolute Gasteiger partial charge is 0.389 e. The third-order valence-corrected chi connectivity index (χ3v) is 4.65. The average Bonchev–Trinajstić information content (AvgIpc) is 2.53. The Kier molecular flexibility index (Phi) is 4.14. The lowest BCUT2D eigenvalue weighted by atomic mass is 9.89. The smallest absolute Gasteiger partial charge is 0.0992 e. The van der Waals surface area contributed by atoms with Gasteiger partial charge in [0.05, 0.1) is 36.5 Å². The molecule has 1 N–H and O–H groups in total. The van der Waals surface area contributed by atoms with Crippen molar-refractivity contribution in [1.29, 1.82) is 5.26 Å². The Morgan fingerprint density at radius 2 is 2.19 bits per heavy atom. The molecule has 1 aliphatic heterocycles. The first kappa shape index (κ1) is 14.4. The van der Waals surface area contributed by atoms with Crippen LogP contribution in [0.4, 0.5) is 5.69 Å². The van der Waals surface area contributed by atoms with Gasteiger partial charge in [-0.2, -0.15) is 5.26 Å². The first-order chi connectivity index (χ1) is 10.2. The van der Waals surface area contributed by atoms with E-state index in [1.807, 2.05) is 12.1 Å². The van der Waals surface area contributed by atoms with Crippen LogP contribution in [0.5, 0.6) is 0 Å². The normalized spacial score (nSPS) is 26.8. The third-order valence-electron chi connectivity index (χ3n) is 4.65. The van der Waals surface area contributed by atoms with Gasteiger partial charge in [0.2, 0.25) is 0 Å². The first-order valence-electron chi connectivity index (χ1n) is 7.81. The SMILES string of the molecule is C[C@H](O)c1ccc(C#N)cc1N1CCOC2CCCCC21. The van der Waals surface area contributed by atoms with Crippen LogP contribution in [-0.4, -0.2) is 30.4 Å². The van der Waals surface area contributed by atoms with Crippen molar-refractivity contribution in [3.63, 3.8) is 0 Å². The Bertz CT molecular complexity index is 548. The second kappa shape index (κ2) is 6.05. The Morgan fingerprint density at radius 1 is 1.38 bits per heavy atom. The lowest BCUT2D eigenvalue weighted by Crippen LogP contribution is -2.53. The van der Waals surface area contributed by atoms with Gasteiger partial charge in [-0.05, 0) is 31.9 Å². The molecule has 0 amide bonds. The summed E-state index contributed by atoms with van der Waals surface area (Å²) in [6.45, 7) is 3.33. The summed E-state index contributed by atoms with van der Waals surface area (Å²) in [6, 6.07) is 8.16. The van der Waals surface area contributed by atoms with Gasteiger partial charge >= 0.3 is 0 Å². The van der Waals surface area contributed by atoms with Crippen LogP contribution in [-0.2, 0) is 4.74 Å². The van der Waals surface area contributed by atoms with E-state index in [1.165, 1.54) is 12.8 Å². The van der Waals surface area contributed by atoms with Crippen molar-refractivity contribution in [2.75, 3.05) is 18.1 Å². The molecular formula is C17H22N2O2. The Hall–Kier alpha value is -1.57. The third kappa shape index (κ3) is 2.76. The molecule has 2 unspecified atom stereocenters. The predicted octanol–water partition coefficient (Wildman–Crippen LogP) is 2.76. The molecule has 2 fully saturated rings. The zero-order valence-electron chi connectivity index (χ0n) is 12.5. The maximum atomic E-state index is 10.1. The molecule has 0 spiro atoms. The van der Waals surface area contributed by atoms with Crippen LogP contribution in [0.15, 0.2) is 18.2 Å². The number of aliphatic hydroxyl groups excluding tert-OH is 1. The molecule has 1 saturated carbocycles. The lowest BCUT2D eigenvalue weighted by Gasteiger charge is -2.46. The fraction of sp³-hybridized carbons (Fsp3) is 0.588. The van der Waals surface area contributed by atoms with Gasteiger partial charge in [0.25, 0.3) is 0 Å². The fourth-order valence-electron chi connectivity index (χ4n) is 3.61. The monoisotopic (exact) mass is 286 g/mol. The van der Waals surface area contributed by atoms with Gasteiger partial charge in [-0.1, -0.05) is 18.9 Å². The average molecular weight is 286 g/mol. The van der Waals surface area contributed by atoms with E-state index < -0.39 is 6.10 Å². The topological polar surface area (TPSA) is 56.5 Å². The van der Waals surface area contributed by atoms with Crippen molar-refractivity contribution >= 4 is 5.69 Å². The van der Waals surface area contributed by atoms with Gasteiger partial charge in [-0.25, -0.2) is 0 Å². The standard InChI is InChI=1S/C17H22N2O2/c1-12(20)14-7-6-13(11-18)10-16(14)19-8-9-21-17-5-3-2-4-15(17)19/h6-7,10,12,15,17,20H,2-5,8-9H2,1H3/t12-,15?,17?/m0/s1. The number of aliphatic hydroxyl groups is 1.